The summed E-state index contributed by atoms with van der Waals surface area (Å²) in [7, 11) is 0. The number of amides is 1. The van der Waals surface area contributed by atoms with E-state index in [-0.39, 0.29) is 33.4 Å². The number of carbonyl (C=O) groups is 2. The maximum atomic E-state index is 13.0. The molecule has 10 heteroatoms. The predicted molar refractivity (Wildman–Crippen MR) is 90.0 cm³/mol. The zero-order chi connectivity index (χ0) is 18.8. The highest BCUT2D eigenvalue weighted by Crippen LogP contribution is 2.38. The molecule has 25 heavy (non-hydrogen) atoms. The molecule has 5 nitrogen and oxygen atoms in total. The lowest BCUT2D eigenvalue weighted by molar-refractivity contribution is -0.142. The molecule has 2 rings (SSSR count). The number of rotatable bonds is 4. The summed E-state index contributed by atoms with van der Waals surface area (Å²) in [5, 5.41) is 2.68. The number of nitrogens with zero attached hydrogens (tertiary/aromatic N) is 1. The number of esters is 1. The number of benzene rings is 1. The first kappa shape index (κ1) is 19.4. The maximum Gasteiger partial charge on any atom is 0.416 e. The molecular formula is C15H12BrF3N2O3S. The van der Waals surface area contributed by atoms with Crippen molar-refractivity contribution < 1.29 is 27.5 Å². The Hall–Kier alpha value is -1.94. The van der Waals surface area contributed by atoms with Gasteiger partial charge in [-0.05, 0) is 18.2 Å². The van der Waals surface area contributed by atoms with Crippen LogP contribution >= 0.6 is 27.3 Å². The van der Waals surface area contributed by atoms with Gasteiger partial charge in [0.25, 0.3) is 0 Å². The molecule has 1 aromatic carbocycles. The highest BCUT2D eigenvalue weighted by molar-refractivity contribution is 9.10. The standard InChI is InChI=1S/C15H12BrF3N2O3S/c1-7(22)20-14-21-13(12(25-14)6-24-8(2)23)9-3-10(15(17,18)19)5-11(16)4-9/h3-5H,6H2,1-2H3,(H,20,21,22). The van der Waals surface area contributed by atoms with Gasteiger partial charge < -0.3 is 10.1 Å². The third kappa shape index (κ3) is 5.27. The van der Waals surface area contributed by atoms with Gasteiger partial charge in [0.05, 0.1) is 16.1 Å². The van der Waals surface area contributed by atoms with Crippen LogP contribution in [0.2, 0.25) is 0 Å². The second-order valence-corrected chi connectivity index (χ2v) is 6.98. The quantitative estimate of drug-likeness (QED) is 0.710. The largest absolute Gasteiger partial charge is 0.460 e. The van der Waals surface area contributed by atoms with Crippen LogP contribution < -0.4 is 5.32 Å². The lowest BCUT2D eigenvalue weighted by Gasteiger charge is -2.10. The molecule has 1 aromatic heterocycles. The Morgan fingerprint density at radius 1 is 1.28 bits per heavy atom. The van der Waals surface area contributed by atoms with Gasteiger partial charge in [0.1, 0.15) is 6.61 Å². The highest BCUT2D eigenvalue weighted by atomic mass is 79.9. The van der Waals surface area contributed by atoms with Gasteiger partial charge in [-0.3, -0.25) is 9.59 Å². The second-order valence-electron chi connectivity index (χ2n) is 4.98. The van der Waals surface area contributed by atoms with Gasteiger partial charge in [0.15, 0.2) is 5.13 Å². The van der Waals surface area contributed by atoms with Crippen molar-refractivity contribution in [1.29, 1.82) is 0 Å². The van der Waals surface area contributed by atoms with Gasteiger partial charge in [-0.25, -0.2) is 4.98 Å². The van der Waals surface area contributed by atoms with E-state index in [1.54, 1.807) is 0 Å². The lowest BCUT2D eigenvalue weighted by Crippen LogP contribution is -2.06. The molecular weight excluding hydrogens is 425 g/mol. The van der Waals surface area contributed by atoms with Crippen molar-refractivity contribution >= 4 is 44.3 Å². The first-order valence-corrected chi connectivity index (χ1v) is 8.46. The predicted octanol–water partition coefficient (Wildman–Crippen LogP) is 4.61. The second kappa shape index (κ2) is 7.52. The summed E-state index contributed by atoms with van der Waals surface area (Å²) in [5.74, 6) is -0.907. The number of alkyl halides is 3. The van der Waals surface area contributed by atoms with E-state index in [4.69, 9.17) is 4.74 Å². The van der Waals surface area contributed by atoms with Crippen molar-refractivity contribution in [2.24, 2.45) is 0 Å². The van der Waals surface area contributed by atoms with Crippen LogP contribution in [0.15, 0.2) is 22.7 Å². The van der Waals surface area contributed by atoms with Crippen molar-refractivity contribution in [3.8, 4) is 11.3 Å². The SMILES string of the molecule is CC(=O)Nc1nc(-c2cc(Br)cc(C(F)(F)F)c2)c(COC(C)=O)s1. The fourth-order valence-corrected chi connectivity index (χ4v) is 3.37. The molecule has 0 spiro atoms. The number of hydrogen-bond donors (Lipinski definition) is 1. The fraction of sp³-hybridized carbons (Fsp3) is 0.267. The Morgan fingerprint density at radius 3 is 2.52 bits per heavy atom. The van der Waals surface area contributed by atoms with Crippen molar-refractivity contribution in [3.63, 3.8) is 0 Å². The van der Waals surface area contributed by atoms with Crippen molar-refractivity contribution in [2.75, 3.05) is 5.32 Å². The van der Waals surface area contributed by atoms with Crippen LogP contribution in [0.4, 0.5) is 18.3 Å². The molecule has 2 aromatic rings. The Morgan fingerprint density at radius 2 is 1.96 bits per heavy atom. The number of hydrogen-bond acceptors (Lipinski definition) is 5. The van der Waals surface area contributed by atoms with Crippen molar-refractivity contribution in [3.05, 3.63) is 33.1 Å². The van der Waals surface area contributed by atoms with Crippen LogP contribution in [0.5, 0.6) is 0 Å². The van der Waals surface area contributed by atoms with Gasteiger partial charge in [-0.2, -0.15) is 13.2 Å². The Balaban J connectivity index is 2.52. The molecule has 0 fully saturated rings. The molecule has 134 valence electrons. The number of halogens is 4. The fourth-order valence-electron chi connectivity index (χ4n) is 1.94. The third-order valence-electron chi connectivity index (χ3n) is 2.89. The number of ether oxygens (including phenoxy) is 1. The van der Waals surface area contributed by atoms with E-state index in [0.29, 0.717) is 4.88 Å². The topological polar surface area (TPSA) is 68.3 Å². The first-order chi connectivity index (χ1) is 11.6. The minimum Gasteiger partial charge on any atom is -0.460 e. The molecule has 1 N–H and O–H groups in total. The molecule has 0 saturated carbocycles. The average molecular weight is 437 g/mol. The van der Waals surface area contributed by atoms with E-state index in [9.17, 15) is 22.8 Å². The number of carbonyl (C=O) groups excluding carboxylic acids is 2. The summed E-state index contributed by atoms with van der Waals surface area (Å²) in [6.45, 7) is 2.35. The van der Waals surface area contributed by atoms with E-state index >= 15 is 0 Å². The Kier molecular flexibility index (Phi) is 5.83. The molecule has 0 bridgehead atoms. The van der Waals surface area contributed by atoms with E-state index in [0.717, 1.165) is 23.5 Å². The molecule has 0 aliphatic heterocycles. The maximum absolute atomic E-state index is 13.0. The highest BCUT2D eigenvalue weighted by Gasteiger charge is 2.31. The first-order valence-electron chi connectivity index (χ1n) is 6.85. The van der Waals surface area contributed by atoms with Crippen LogP contribution in [0.3, 0.4) is 0 Å². The van der Waals surface area contributed by atoms with Crippen LogP contribution in [-0.2, 0) is 27.1 Å². The summed E-state index contributed by atoms with van der Waals surface area (Å²) in [6.07, 6.45) is -4.52. The molecule has 0 saturated heterocycles. The Labute approximate surface area is 153 Å². The zero-order valence-corrected chi connectivity index (χ0v) is 15.4. The minimum atomic E-state index is -4.52. The van der Waals surface area contributed by atoms with Crippen LogP contribution in [0.25, 0.3) is 11.3 Å². The summed E-state index contributed by atoms with van der Waals surface area (Å²) < 4.78 is 44.2. The number of nitrogens with one attached hydrogen (secondary N) is 1. The summed E-state index contributed by atoms with van der Waals surface area (Å²) in [6, 6.07) is 3.38. The van der Waals surface area contributed by atoms with Gasteiger partial charge in [-0.1, -0.05) is 27.3 Å². The van der Waals surface area contributed by atoms with E-state index in [1.165, 1.54) is 19.9 Å². The molecule has 0 unspecified atom stereocenters. The van der Waals surface area contributed by atoms with Gasteiger partial charge >= 0.3 is 12.1 Å². The smallest absolute Gasteiger partial charge is 0.416 e. The monoisotopic (exact) mass is 436 g/mol. The number of thiazole rings is 1. The van der Waals surface area contributed by atoms with Crippen molar-refractivity contribution in [2.45, 2.75) is 26.6 Å². The summed E-state index contributed by atoms with van der Waals surface area (Å²) >= 11 is 4.08. The van der Waals surface area contributed by atoms with E-state index in [1.807, 2.05) is 0 Å². The minimum absolute atomic E-state index is 0.157. The van der Waals surface area contributed by atoms with Crippen LogP contribution in [0.1, 0.15) is 24.3 Å². The van der Waals surface area contributed by atoms with Gasteiger partial charge in [0.2, 0.25) is 5.91 Å². The average Bonchev–Trinajstić information content (AvgIpc) is 2.85. The molecule has 0 aliphatic carbocycles. The molecule has 1 amide bonds. The van der Waals surface area contributed by atoms with E-state index < -0.39 is 17.7 Å². The summed E-state index contributed by atoms with van der Waals surface area (Å²) in [4.78, 5) is 26.8. The van der Waals surface area contributed by atoms with Crippen molar-refractivity contribution in [1.82, 2.24) is 4.98 Å². The lowest BCUT2D eigenvalue weighted by atomic mass is 10.1. The molecule has 1 heterocycles. The Bertz CT molecular complexity index is 821. The number of aromatic nitrogens is 1. The zero-order valence-electron chi connectivity index (χ0n) is 13.0. The summed E-state index contributed by atoms with van der Waals surface area (Å²) in [5.41, 5.74) is -0.442. The van der Waals surface area contributed by atoms with Crippen LogP contribution in [-0.4, -0.2) is 16.9 Å². The third-order valence-corrected chi connectivity index (χ3v) is 4.29. The normalized spacial score (nSPS) is 11.3. The molecule has 0 aliphatic rings. The van der Waals surface area contributed by atoms with Gasteiger partial charge in [-0.15, -0.1) is 0 Å². The van der Waals surface area contributed by atoms with Crippen LogP contribution in [0, 0.1) is 0 Å². The molecule has 0 radical (unpaired) electrons. The van der Waals surface area contributed by atoms with E-state index in [2.05, 4.69) is 26.2 Å². The van der Waals surface area contributed by atoms with Gasteiger partial charge in [0, 0.05) is 23.9 Å². The number of anilines is 1. The molecule has 0 atom stereocenters.